The molecule has 3 N–H and O–H groups in total. The van der Waals surface area contributed by atoms with Crippen LogP contribution in [0.3, 0.4) is 0 Å². The molecule has 0 saturated heterocycles. The van der Waals surface area contributed by atoms with E-state index >= 15 is 0 Å². The van der Waals surface area contributed by atoms with Gasteiger partial charge >= 0.3 is 5.97 Å². The fourth-order valence-electron chi connectivity index (χ4n) is 2.60. The van der Waals surface area contributed by atoms with E-state index in [1.54, 1.807) is 25.1 Å². The van der Waals surface area contributed by atoms with Crippen molar-refractivity contribution in [1.29, 1.82) is 0 Å². The lowest BCUT2D eigenvalue weighted by atomic mass is 9.98. The predicted octanol–water partition coefficient (Wildman–Crippen LogP) is 2.14. The lowest BCUT2D eigenvalue weighted by Gasteiger charge is -2.30. The minimum Gasteiger partial charge on any atom is -0.481 e. The molecule has 0 saturated carbocycles. The molecule has 1 heterocycles. The number of benzene rings is 1. The number of amides is 2. The monoisotopic (exact) mass is 386 g/mol. The van der Waals surface area contributed by atoms with Gasteiger partial charge in [0.1, 0.15) is 0 Å². The van der Waals surface area contributed by atoms with Gasteiger partial charge in [0.15, 0.2) is 0 Å². The molecule has 0 radical (unpaired) electrons. The fraction of sp³-hybridized carbons (Fsp3) is 0.438. The van der Waals surface area contributed by atoms with Gasteiger partial charge in [0, 0.05) is 23.4 Å². The first-order chi connectivity index (χ1) is 11.7. The minimum atomic E-state index is -1.05. The number of thioether (sulfide) groups is 1. The Bertz CT molecular complexity index is 699. The number of aliphatic carboxylic acids is 1. The zero-order valence-electron chi connectivity index (χ0n) is 13.8. The Balaban J connectivity index is 2.03. The van der Waals surface area contributed by atoms with E-state index in [1.807, 2.05) is 0 Å². The molecule has 2 atom stereocenters. The normalized spacial score (nSPS) is 18.7. The van der Waals surface area contributed by atoms with Gasteiger partial charge in [-0.25, -0.2) is 0 Å². The van der Waals surface area contributed by atoms with Crippen molar-refractivity contribution in [3.8, 4) is 0 Å². The zero-order chi connectivity index (χ0) is 18.6. The number of ether oxygens (including phenoxy) is 1. The summed E-state index contributed by atoms with van der Waals surface area (Å²) in [6.07, 6.45) is -0.352. The number of anilines is 1. The van der Waals surface area contributed by atoms with E-state index in [9.17, 15) is 14.4 Å². The molecule has 0 bridgehead atoms. The number of carbonyl (C=O) groups excluding carboxylic acids is 2. The van der Waals surface area contributed by atoms with Crippen molar-refractivity contribution in [2.75, 3.05) is 19.0 Å². The van der Waals surface area contributed by atoms with Gasteiger partial charge in [-0.05, 0) is 25.1 Å². The van der Waals surface area contributed by atoms with Crippen LogP contribution in [-0.4, -0.2) is 47.4 Å². The van der Waals surface area contributed by atoms with Crippen LogP contribution in [0.25, 0.3) is 0 Å². The van der Waals surface area contributed by atoms with E-state index in [0.717, 1.165) is 4.90 Å². The van der Waals surface area contributed by atoms with Crippen molar-refractivity contribution >= 4 is 46.8 Å². The molecule has 1 aromatic carbocycles. The summed E-state index contributed by atoms with van der Waals surface area (Å²) < 4.78 is 5.00. The molecule has 1 aliphatic rings. The molecule has 7 nitrogen and oxygen atoms in total. The third-order valence-corrected chi connectivity index (χ3v) is 5.09. The Morgan fingerprint density at radius 2 is 2.20 bits per heavy atom. The maximum absolute atomic E-state index is 12.3. The molecule has 25 heavy (non-hydrogen) atoms. The SMILES string of the molecule is COCC(C)(CC(=O)O)NC(=O)CC1Sc2ccc(Cl)cc2NC1=O. The van der Waals surface area contributed by atoms with Gasteiger partial charge in [0.05, 0.1) is 29.5 Å². The van der Waals surface area contributed by atoms with Crippen LogP contribution in [0.1, 0.15) is 19.8 Å². The Morgan fingerprint density at radius 1 is 1.48 bits per heavy atom. The average Bonchev–Trinajstić information content (AvgIpc) is 2.47. The first-order valence-electron chi connectivity index (χ1n) is 7.51. The molecule has 9 heteroatoms. The molecule has 2 amide bonds. The number of nitrogens with one attached hydrogen (secondary N) is 2. The van der Waals surface area contributed by atoms with Crippen LogP contribution in [-0.2, 0) is 19.1 Å². The van der Waals surface area contributed by atoms with Crippen LogP contribution >= 0.6 is 23.4 Å². The number of hydrogen-bond donors (Lipinski definition) is 3. The van der Waals surface area contributed by atoms with Gasteiger partial charge in [-0.2, -0.15) is 0 Å². The van der Waals surface area contributed by atoms with E-state index in [2.05, 4.69) is 10.6 Å². The summed E-state index contributed by atoms with van der Waals surface area (Å²) in [7, 11) is 1.43. The smallest absolute Gasteiger partial charge is 0.305 e. The van der Waals surface area contributed by atoms with Gasteiger partial charge in [-0.1, -0.05) is 11.6 Å². The predicted molar refractivity (Wildman–Crippen MR) is 95.0 cm³/mol. The minimum absolute atomic E-state index is 0.0520. The van der Waals surface area contributed by atoms with E-state index in [-0.39, 0.29) is 25.4 Å². The molecule has 0 spiro atoms. The topological polar surface area (TPSA) is 105 Å². The number of methoxy groups -OCH3 is 1. The Kier molecular flexibility index (Phi) is 6.31. The lowest BCUT2D eigenvalue weighted by Crippen LogP contribution is -2.51. The summed E-state index contributed by atoms with van der Waals surface area (Å²) in [6, 6.07) is 5.15. The van der Waals surface area contributed by atoms with Gasteiger partial charge < -0.3 is 20.5 Å². The van der Waals surface area contributed by atoms with Crippen LogP contribution < -0.4 is 10.6 Å². The first-order valence-corrected chi connectivity index (χ1v) is 8.77. The second kappa shape index (κ2) is 8.07. The molecular formula is C16H19ClN2O5S. The van der Waals surface area contributed by atoms with Crippen molar-refractivity contribution in [3.63, 3.8) is 0 Å². The highest BCUT2D eigenvalue weighted by Gasteiger charge is 2.33. The maximum Gasteiger partial charge on any atom is 0.305 e. The highest BCUT2D eigenvalue weighted by Crippen LogP contribution is 2.38. The van der Waals surface area contributed by atoms with Gasteiger partial charge in [-0.3, -0.25) is 14.4 Å². The summed E-state index contributed by atoms with van der Waals surface area (Å²) in [5.41, 5.74) is -0.423. The standard InChI is InChI=1S/C16H19ClN2O5S/c1-16(8-24-2,7-14(21)22)19-13(20)6-12-15(23)18-10-5-9(17)3-4-11(10)25-12/h3-5,12H,6-8H2,1-2H3,(H,18,23)(H,19,20)(H,21,22). The second-order valence-electron chi connectivity index (χ2n) is 6.05. The molecule has 136 valence electrons. The quantitative estimate of drug-likeness (QED) is 0.663. The zero-order valence-corrected chi connectivity index (χ0v) is 15.4. The highest BCUT2D eigenvalue weighted by atomic mass is 35.5. The van der Waals surface area contributed by atoms with Crippen LogP contribution in [0, 0.1) is 0 Å². The van der Waals surface area contributed by atoms with Crippen LogP contribution in [0.2, 0.25) is 5.02 Å². The van der Waals surface area contributed by atoms with Crippen molar-refractivity contribution in [1.82, 2.24) is 5.32 Å². The van der Waals surface area contributed by atoms with Gasteiger partial charge in [0.25, 0.3) is 0 Å². The molecule has 0 aromatic heterocycles. The number of carboxylic acids is 1. The van der Waals surface area contributed by atoms with Crippen molar-refractivity contribution < 1.29 is 24.2 Å². The van der Waals surface area contributed by atoms with Crippen LogP contribution in [0.5, 0.6) is 0 Å². The number of halogens is 1. The largest absolute Gasteiger partial charge is 0.481 e. The molecule has 2 unspecified atom stereocenters. The van der Waals surface area contributed by atoms with E-state index in [1.165, 1.54) is 18.9 Å². The van der Waals surface area contributed by atoms with Gasteiger partial charge in [0.2, 0.25) is 11.8 Å². The molecule has 2 rings (SSSR count). The summed E-state index contributed by atoms with van der Waals surface area (Å²) in [6.45, 7) is 1.64. The third-order valence-electron chi connectivity index (χ3n) is 3.58. The maximum atomic E-state index is 12.3. The van der Waals surface area contributed by atoms with E-state index in [4.69, 9.17) is 21.4 Å². The highest BCUT2D eigenvalue weighted by molar-refractivity contribution is 8.01. The average molecular weight is 387 g/mol. The number of fused-ring (bicyclic) bond motifs is 1. The third kappa shape index (κ3) is 5.35. The van der Waals surface area contributed by atoms with Crippen molar-refractivity contribution in [2.24, 2.45) is 0 Å². The van der Waals surface area contributed by atoms with Crippen molar-refractivity contribution in [3.05, 3.63) is 23.2 Å². The van der Waals surface area contributed by atoms with Gasteiger partial charge in [-0.15, -0.1) is 11.8 Å². The van der Waals surface area contributed by atoms with Crippen LogP contribution in [0.15, 0.2) is 23.1 Å². The summed E-state index contributed by atoms with van der Waals surface area (Å²) in [4.78, 5) is 36.3. The summed E-state index contributed by atoms with van der Waals surface area (Å²) >= 11 is 7.18. The Hall–Kier alpha value is -1.77. The number of carboxylic acid groups (broad SMARTS) is 1. The molecule has 0 fully saturated rings. The number of hydrogen-bond acceptors (Lipinski definition) is 5. The molecule has 1 aromatic rings. The summed E-state index contributed by atoms with van der Waals surface area (Å²) in [5.74, 6) is -1.75. The number of carbonyl (C=O) groups is 3. The second-order valence-corrected chi connectivity index (χ2v) is 7.73. The molecule has 1 aliphatic heterocycles. The first kappa shape index (κ1) is 19.6. The fourth-order valence-corrected chi connectivity index (χ4v) is 3.86. The molecular weight excluding hydrogens is 368 g/mol. The summed E-state index contributed by atoms with van der Waals surface area (Å²) in [5, 5.41) is 14.3. The van der Waals surface area contributed by atoms with Crippen molar-refractivity contribution in [2.45, 2.75) is 35.4 Å². The lowest BCUT2D eigenvalue weighted by molar-refractivity contribution is -0.139. The van der Waals surface area contributed by atoms with E-state index in [0.29, 0.717) is 10.7 Å². The molecule has 0 aliphatic carbocycles. The van der Waals surface area contributed by atoms with E-state index < -0.39 is 22.7 Å². The Labute approximate surface area is 154 Å². The Morgan fingerprint density at radius 3 is 2.84 bits per heavy atom. The number of rotatable bonds is 7. The van der Waals surface area contributed by atoms with Crippen LogP contribution in [0.4, 0.5) is 5.69 Å².